The molecule has 4 amide bonds. The van der Waals surface area contributed by atoms with Gasteiger partial charge in [-0.15, -0.1) is 0 Å². The number of carbonyl (C=O) groups excluding carboxylic acids is 4. The quantitative estimate of drug-likeness (QED) is 0.328. The number of fused-ring (bicyclic) bond motifs is 1. The zero-order valence-corrected chi connectivity index (χ0v) is 22.0. The maximum Gasteiger partial charge on any atom is 0.348 e. The van der Waals surface area contributed by atoms with Crippen molar-refractivity contribution >= 4 is 85.5 Å². The number of imide groups is 1. The average Bonchev–Trinajstić information content (AvgIpc) is 3.08. The number of alkyl halides is 2. The molecule has 2 aromatic rings. The Morgan fingerprint density at radius 3 is 2.41 bits per heavy atom. The van der Waals surface area contributed by atoms with E-state index in [2.05, 4.69) is 5.32 Å². The highest BCUT2D eigenvalue weighted by Gasteiger charge is 2.46. The number of hydrogen-bond donors (Lipinski definition) is 1. The monoisotopic (exact) mass is 521 g/mol. The van der Waals surface area contributed by atoms with Crippen LogP contribution in [-0.2, 0) is 20.3 Å². The summed E-state index contributed by atoms with van der Waals surface area (Å²) in [6, 6.07) is 5.78. The van der Waals surface area contributed by atoms with Crippen LogP contribution in [0.1, 0.15) is 51.8 Å². The number of piperidine rings is 1. The summed E-state index contributed by atoms with van der Waals surface area (Å²) in [7, 11) is 8.35. The summed E-state index contributed by atoms with van der Waals surface area (Å²) in [6.07, 6.45) is 0.366. The van der Waals surface area contributed by atoms with Gasteiger partial charge in [0.25, 0.3) is 11.8 Å². The number of nitrogens with one attached hydrogen (secondary N) is 1. The van der Waals surface area contributed by atoms with Crippen LogP contribution < -0.4 is 16.2 Å². The van der Waals surface area contributed by atoms with E-state index >= 15 is 8.78 Å². The minimum absolute atomic E-state index is 0.137. The molecule has 0 spiro atoms. The lowest BCUT2D eigenvalue weighted by molar-refractivity contribution is -0.154. The Morgan fingerprint density at radius 2 is 1.81 bits per heavy atom. The lowest BCUT2D eigenvalue weighted by Gasteiger charge is -2.34. The average molecular weight is 521 g/mol. The minimum Gasteiger partial charge on any atom is -0.389 e. The molecule has 2 aliphatic heterocycles. The Labute approximate surface area is 222 Å². The second kappa shape index (κ2) is 9.70. The van der Waals surface area contributed by atoms with E-state index in [-0.39, 0.29) is 29.7 Å². The van der Waals surface area contributed by atoms with Gasteiger partial charge in [0.1, 0.15) is 37.4 Å². The first kappa shape index (κ1) is 27.0. The highest BCUT2D eigenvalue weighted by atomic mass is 35.5. The highest BCUT2D eigenvalue weighted by molar-refractivity contribution is 6.44. The summed E-state index contributed by atoms with van der Waals surface area (Å²) in [5, 5.41) is 2.58. The number of benzene rings is 2. The standard InChI is InChI=1S/C22H23B5ClF2N3O4/c23-11-7-10-14(17(25)32(20(10)36)12-5-6-13(34)31-19(12)35)16(24)15(11)18(26)33(27)21(37)22(29,30)8-1-3-9(28)4-2-8/h1-4,7,12,17-18H,5-6,23-27H2,(H,31,34,35). The molecule has 37 heavy (non-hydrogen) atoms. The number of halogens is 3. The van der Waals surface area contributed by atoms with E-state index in [0.29, 0.717) is 27.6 Å². The second-order valence-corrected chi connectivity index (χ2v) is 10.2. The van der Waals surface area contributed by atoms with Crippen LogP contribution in [0.4, 0.5) is 8.78 Å². The van der Waals surface area contributed by atoms with Crippen molar-refractivity contribution in [2.45, 2.75) is 36.7 Å². The van der Waals surface area contributed by atoms with Crippen LogP contribution in [0.5, 0.6) is 0 Å². The summed E-state index contributed by atoms with van der Waals surface area (Å²) in [5.41, 5.74) is 2.70. The lowest BCUT2D eigenvalue weighted by atomic mass is 9.67. The van der Waals surface area contributed by atoms with Gasteiger partial charge in [-0.1, -0.05) is 40.7 Å². The second-order valence-electron chi connectivity index (χ2n) is 9.72. The summed E-state index contributed by atoms with van der Waals surface area (Å²) < 4.78 is 30.2. The SMILES string of the molecule is Bc1cc2c(c(B)c1C(B)N(B)C(=O)C(F)(F)c1ccc(Cl)cc1)C(B)N(C1CCC(=O)NC1=O)C2=O. The van der Waals surface area contributed by atoms with Crippen LogP contribution in [0.15, 0.2) is 30.3 Å². The molecular formula is C22H23B5ClF2N3O4. The summed E-state index contributed by atoms with van der Waals surface area (Å²) in [5.74, 6) is -7.54. The Kier molecular flexibility index (Phi) is 7.09. The van der Waals surface area contributed by atoms with Crippen molar-refractivity contribution in [1.29, 1.82) is 0 Å². The van der Waals surface area contributed by atoms with Crippen molar-refractivity contribution in [3.05, 3.63) is 57.6 Å². The fourth-order valence-corrected chi connectivity index (χ4v) is 5.69. The summed E-state index contributed by atoms with van der Waals surface area (Å²) >= 11 is 5.81. The molecule has 3 unspecified atom stereocenters. The maximum atomic E-state index is 15.1. The van der Waals surface area contributed by atoms with Gasteiger partial charge in [-0.3, -0.25) is 24.5 Å². The molecule has 4 rings (SSSR count). The van der Waals surface area contributed by atoms with E-state index in [1.165, 1.54) is 25.0 Å². The molecule has 2 aliphatic rings. The Balaban J connectivity index is 1.67. The van der Waals surface area contributed by atoms with E-state index in [1.54, 1.807) is 37.5 Å². The molecule has 0 bridgehead atoms. The van der Waals surface area contributed by atoms with Crippen molar-refractivity contribution in [3.8, 4) is 0 Å². The molecule has 0 aromatic heterocycles. The molecule has 2 heterocycles. The first-order valence-corrected chi connectivity index (χ1v) is 12.4. The van der Waals surface area contributed by atoms with E-state index in [1.807, 2.05) is 0 Å². The zero-order valence-electron chi connectivity index (χ0n) is 21.2. The van der Waals surface area contributed by atoms with Crippen LogP contribution in [0.2, 0.25) is 5.02 Å². The molecule has 0 saturated carbocycles. The Hall–Kier alpha value is -3.01. The van der Waals surface area contributed by atoms with Crippen LogP contribution in [0.25, 0.3) is 0 Å². The van der Waals surface area contributed by atoms with Gasteiger partial charge in [-0.05, 0) is 29.7 Å². The maximum absolute atomic E-state index is 15.1. The molecule has 7 nitrogen and oxygen atoms in total. The van der Waals surface area contributed by atoms with Crippen LogP contribution >= 0.6 is 11.6 Å². The molecule has 1 saturated heterocycles. The summed E-state index contributed by atoms with van der Waals surface area (Å²) in [4.78, 5) is 52.9. The highest BCUT2D eigenvalue weighted by Crippen LogP contribution is 2.36. The number of nitrogens with zero attached hydrogens (tertiary/aromatic N) is 2. The van der Waals surface area contributed by atoms with E-state index < -0.39 is 41.2 Å². The molecule has 0 radical (unpaired) electrons. The van der Waals surface area contributed by atoms with Gasteiger partial charge < -0.3 is 9.71 Å². The van der Waals surface area contributed by atoms with Crippen molar-refractivity contribution in [2.75, 3.05) is 0 Å². The minimum atomic E-state index is -3.77. The van der Waals surface area contributed by atoms with Crippen molar-refractivity contribution in [3.63, 3.8) is 0 Å². The zero-order chi connectivity index (χ0) is 27.4. The van der Waals surface area contributed by atoms with Crippen molar-refractivity contribution in [1.82, 2.24) is 15.0 Å². The molecule has 1 N–H and O–H groups in total. The molecular weight excluding hydrogens is 498 g/mol. The molecule has 0 aliphatic carbocycles. The Morgan fingerprint density at radius 1 is 1.19 bits per heavy atom. The topological polar surface area (TPSA) is 86.8 Å². The van der Waals surface area contributed by atoms with Gasteiger partial charge >= 0.3 is 5.92 Å². The third-order valence-corrected chi connectivity index (χ3v) is 7.78. The molecule has 15 heteroatoms. The first-order chi connectivity index (χ1) is 17.3. The van der Waals surface area contributed by atoms with E-state index in [9.17, 15) is 19.2 Å². The fourth-order valence-electron chi connectivity index (χ4n) is 5.56. The van der Waals surface area contributed by atoms with Gasteiger partial charge in [-0.25, -0.2) is 0 Å². The van der Waals surface area contributed by atoms with Gasteiger partial charge in [-0.2, -0.15) is 8.78 Å². The first-order valence-electron chi connectivity index (χ1n) is 12.0. The van der Waals surface area contributed by atoms with Gasteiger partial charge in [0, 0.05) is 34.5 Å². The summed E-state index contributed by atoms with van der Waals surface area (Å²) in [6.45, 7) is 0. The van der Waals surface area contributed by atoms with Crippen molar-refractivity contribution in [2.24, 2.45) is 0 Å². The normalized spacial score (nSPS) is 20.4. The predicted octanol–water partition coefficient (Wildman–Crippen LogP) is -3.45. The molecule has 1 fully saturated rings. The van der Waals surface area contributed by atoms with Crippen LogP contribution in [0.3, 0.4) is 0 Å². The van der Waals surface area contributed by atoms with Gasteiger partial charge in [0.2, 0.25) is 19.8 Å². The van der Waals surface area contributed by atoms with Crippen LogP contribution in [-0.4, -0.2) is 78.7 Å². The lowest BCUT2D eigenvalue weighted by Crippen LogP contribution is -2.53. The van der Waals surface area contributed by atoms with Gasteiger partial charge in [0.05, 0.1) is 0 Å². The number of rotatable bonds is 5. The van der Waals surface area contributed by atoms with Crippen LogP contribution in [0, 0.1) is 0 Å². The third kappa shape index (κ3) is 4.49. The fraction of sp³-hybridized carbons (Fsp3) is 0.273. The number of amides is 4. The van der Waals surface area contributed by atoms with E-state index in [4.69, 9.17) is 11.6 Å². The molecule has 3 atom stereocenters. The van der Waals surface area contributed by atoms with E-state index in [0.717, 1.165) is 16.9 Å². The molecule has 2 aromatic carbocycles. The number of hydrogen-bond acceptors (Lipinski definition) is 4. The smallest absolute Gasteiger partial charge is 0.348 e. The van der Waals surface area contributed by atoms with Crippen molar-refractivity contribution < 1.29 is 28.0 Å². The predicted molar refractivity (Wildman–Crippen MR) is 148 cm³/mol. The van der Waals surface area contributed by atoms with Gasteiger partial charge in [0.15, 0.2) is 0 Å². The largest absolute Gasteiger partial charge is 0.389 e. The number of carbonyl (C=O) groups is 4. The third-order valence-electron chi connectivity index (χ3n) is 7.52. The Bertz CT molecular complexity index is 1330. The molecule has 186 valence electrons.